The molecular formula is C12H23N3O3. The first-order valence-electron chi connectivity index (χ1n) is 6.34. The smallest absolute Gasteiger partial charge is 0.310 e. The van der Waals surface area contributed by atoms with E-state index >= 15 is 0 Å². The largest absolute Gasteiger partial charge is 0.481 e. The van der Waals surface area contributed by atoms with Gasteiger partial charge in [0, 0.05) is 32.7 Å². The maximum absolute atomic E-state index is 11.9. The maximum atomic E-state index is 11.9. The van der Waals surface area contributed by atoms with Crippen LogP contribution in [0.4, 0.5) is 0 Å². The summed E-state index contributed by atoms with van der Waals surface area (Å²) in [7, 11) is 0. The molecule has 0 radical (unpaired) electrons. The van der Waals surface area contributed by atoms with Crippen LogP contribution in [-0.2, 0) is 9.59 Å². The van der Waals surface area contributed by atoms with Crippen molar-refractivity contribution >= 4 is 11.9 Å². The molecule has 104 valence electrons. The van der Waals surface area contributed by atoms with Crippen molar-refractivity contribution in [1.29, 1.82) is 0 Å². The topological polar surface area (TPSA) is 81.7 Å². The Kier molecular flexibility index (Phi) is 5.10. The molecule has 6 heteroatoms. The second-order valence-corrected chi connectivity index (χ2v) is 5.27. The molecule has 3 N–H and O–H groups in total. The fourth-order valence-electron chi connectivity index (χ4n) is 2.06. The van der Waals surface area contributed by atoms with Gasteiger partial charge in [-0.15, -0.1) is 0 Å². The van der Waals surface area contributed by atoms with Crippen molar-refractivity contribution in [3.63, 3.8) is 0 Å². The highest BCUT2D eigenvalue weighted by atomic mass is 16.4. The van der Waals surface area contributed by atoms with E-state index in [-0.39, 0.29) is 11.9 Å². The van der Waals surface area contributed by atoms with Crippen molar-refractivity contribution < 1.29 is 14.7 Å². The minimum atomic E-state index is -0.845. The van der Waals surface area contributed by atoms with Gasteiger partial charge >= 0.3 is 5.97 Å². The normalized spacial score (nSPS) is 21.6. The molecule has 0 aromatic heterocycles. The Morgan fingerprint density at radius 3 is 2.72 bits per heavy atom. The highest BCUT2D eigenvalue weighted by Crippen LogP contribution is 2.19. The summed E-state index contributed by atoms with van der Waals surface area (Å²) < 4.78 is 0. The molecule has 1 unspecified atom stereocenters. The van der Waals surface area contributed by atoms with Crippen LogP contribution in [0.1, 0.15) is 20.8 Å². The van der Waals surface area contributed by atoms with Gasteiger partial charge in [-0.1, -0.05) is 0 Å². The van der Waals surface area contributed by atoms with Gasteiger partial charge in [0.05, 0.1) is 5.41 Å². The number of carbonyl (C=O) groups excluding carboxylic acids is 1. The van der Waals surface area contributed by atoms with Crippen molar-refractivity contribution in [2.45, 2.75) is 26.8 Å². The number of nitrogens with one attached hydrogen (secondary N) is 2. The predicted molar refractivity (Wildman–Crippen MR) is 68.3 cm³/mol. The molecule has 0 aromatic carbocycles. The minimum absolute atomic E-state index is 0.0362. The van der Waals surface area contributed by atoms with Crippen LogP contribution in [0.25, 0.3) is 0 Å². The van der Waals surface area contributed by atoms with Crippen LogP contribution < -0.4 is 10.6 Å². The minimum Gasteiger partial charge on any atom is -0.481 e. The average Bonchev–Trinajstić information content (AvgIpc) is 2.29. The third-order valence-corrected chi connectivity index (χ3v) is 3.19. The Balaban J connectivity index is 2.71. The van der Waals surface area contributed by atoms with Crippen LogP contribution >= 0.6 is 0 Å². The molecule has 0 saturated carbocycles. The molecule has 1 atom stereocenters. The third kappa shape index (κ3) is 3.68. The molecule has 1 heterocycles. The molecule has 1 saturated heterocycles. The number of rotatable bonds is 5. The SMILES string of the molecule is CCNC(=O)C1CNCCN1CC(C)(C)C(=O)O. The number of carbonyl (C=O) groups is 2. The number of carboxylic acids is 1. The van der Waals surface area contributed by atoms with Crippen LogP contribution in [0.3, 0.4) is 0 Å². The number of hydrogen-bond acceptors (Lipinski definition) is 4. The number of carboxylic acid groups (broad SMARTS) is 1. The summed E-state index contributed by atoms with van der Waals surface area (Å²) in [6, 6.07) is -0.280. The van der Waals surface area contributed by atoms with Crippen molar-refractivity contribution in [2.24, 2.45) is 5.41 Å². The van der Waals surface area contributed by atoms with Crippen LogP contribution in [0.2, 0.25) is 0 Å². The van der Waals surface area contributed by atoms with Crippen molar-refractivity contribution in [1.82, 2.24) is 15.5 Å². The van der Waals surface area contributed by atoms with Gasteiger partial charge in [0.15, 0.2) is 0 Å². The predicted octanol–water partition coefficient (Wildman–Crippen LogP) is -0.493. The van der Waals surface area contributed by atoms with Crippen LogP contribution in [0, 0.1) is 5.41 Å². The lowest BCUT2D eigenvalue weighted by molar-refractivity contribution is -0.149. The molecule has 0 spiro atoms. The lowest BCUT2D eigenvalue weighted by Gasteiger charge is -2.38. The van der Waals surface area contributed by atoms with E-state index in [2.05, 4.69) is 10.6 Å². The van der Waals surface area contributed by atoms with E-state index in [1.54, 1.807) is 13.8 Å². The Bertz CT molecular complexity index is 318. The van der Waals surface area contributed by atoms with Crippen molar-refractivity contribution in [3.8, 4) is 0 Å². The van der Waals surface area contributed by atoms with E-state index in [9.17, 15) is 9.59 Å². The quantitative estimate of drug-likeness (QED) is 0.619. The monoisotopic (exact) mass is 257 g/mol. The number of piperazine rings is 1. The molecule has 1 aliphatic rings. The first-order valence-corrected chi connectivity index (χ1v) is 6.34. The lowest BCUT2D eigenvalue weighted by Crippen LogP contribution is -2.60. The zero-order valence-corrected chi connectivity index (χ0v) is 11.3. The first kappa shape index (κ1) is 14.9. The molecule has 0 aliphatic carbocycles. The molecule has 1 amide bonds. The molecule has 1 aliphatic heterocycles. The van der Waals surface area contributed by atoms with Gasteiger partial charge in [0.1, 0.15) is 6.04 Å². The van der Waals surface area contributed by atoms with Gasteiger partial charge in [-0.25, -0.2) is 0 Å². The second kappa shape index (κ2) is 6.15. The van der Waals surface area contributed by atoms with Gasteiger partial charge in [-0.2, -0.15) is 0 Å². The second-order valence-electron chi connectivity index (χ2n) is 5.27. The van der Waals surface area contributed by atoms with Crippen molar-refractivity contribution in [2.75, 3.05) is 32.7 Å². The summed E-state index contributed by atoms with van der Waals surface area (Å²) in [5.41, 5.74) is -0.845. The summed E-state index contributed by atoms with van der Waals surface area (Å²) in [6.07, 6.45) is 0. The van der Waals surface area contributed by atoms with Gasteiger partial charge in [0.2, 0.25) is 5.91 Å². The molecule has 1 fully saturated rings. The first-order chi connectivity index (χ1) is 8.38. The van der Waals surface area contributed by atoms with Gasteiger partial charge in [-0.05, 0) is 20.8 Å². The fraction of sp³-hybridized carbons (Fsp3) is 0.833. The van der Waals surface area contributed by atoms with E-state index in [0.29, 0.717) is 26.2 Å². The highest BCUT2D eigenvalue weighted by molar-refractivity contribution is 5.82. The van der Waals surface area contributed by atoms with Gasteiger partial charge < -0.3 is 15.7 Å². The number of likely N-dealkylation sites (N-methyl/N-ethyl adjacent to an activating group) is 1. The summed E-state index contributed by atoms with van der Waals surface area (Å²) in [4.78, 5) is 25.0. The molecule has 6 nitrogen and oxygen atoms in total. The summed E-state index contributed by atoms with van der Waals surface area (Å²) >= 11 is 0. The molecular weight excluding hydrogens is 234 g/mol. The number of hydrogen-bond donors (Lipinski definition) is 3. The molecule has 18 heavy (non-hydrogen) atoms. The van der Waals surface area contributed by atoms with E-state index in [1.165, 1.54) is 0 Å². The summed E-state index contributed by atoms with van der Waals surface area (Å²) in [5.74, 6) is -0.874. The van der Waals surface area contributed by atoms with Gasteiger partial charge in [0.25, 0.3) is 0 Å². The maximum Gasteiger partial charge on any atom is 0.310 e. The highest BCUT2D eigenvalue weighted by Gasteiger charge is 2.35. The van der Waals surface area contributed by atoms with Crippen LogP contribution in [-0.4, -0.2) is 60.6 Å². The van der Waals surface area contributed by atoms with Crippen LogP contribution in [0.15, 0.2) is 0 Å². The van der Waals surface area contributed by atoms with E-state index < -0.39 is 11.4 Å². The third-order valence-electron chi connectivity index (χ3n) is 3.19. The lowest BCUT2D eigenvalue weighted by atomic mass is 9.92. The molecule has 0 bridgehead atoms. The molecule has 1 rings (SSSR count). The number of nitrogens with zero attached hydrogens (tertiary/aromatic N) is 1. The van der Waals surface area contributed by atoms with Crippen molar-refractivity contribution in [3.05, 3.63) is 0 Å². The Morgan fingerprint density at radius 1 is 1.50 bits per heavy atom. The summed E-state index contributed by atoms with van der Waals surface area (Å²) in [5, 5.41) is 15.1. The number of aliphatic carboxylic acids is 1. The zero-order valence-electron chi connectivity index (χ0n) is 11.3. The molecule has 0 aromatic rings. The standard InChI is InChI=1S/C12H23N3O3/c1-4-14-10(16)9-7-13-5-6-15(9)8-12(2,3)11(17)18/h9,13H,4-8H2,1-3H3,(H,14,16)(H,17,18). The Labute approximate surface area is 108 Å². The fourth-order valence-corrected chi connectivity index (χ4v) is 2.06. The number of amides is 1. The van der Waals surface area contributed by atoms with E-state index in [0.717, 1.165) is 6.54 Å². The summed E-state index contributed by atoms with van der Waals surface area (Å²) in [6.45, 7) is 8.26. The van der Waals surface area contributed by atoms with E-state index in [4.69, 9.17) is 5.11 Å². The van der Waals surface area contributed by atoms with Crippen LogP contribution in [0.5, 0.6) is 0 Å². The Hall–Kier alpha value is -1.14. The zero-order chi connectivity index (χ0) is 13.8. The van der Waals surface area contributed by atoms with E-state index in [1.807, 2.05) is 11.8 Å². The van der Waals surface area contributed by atoms with Gasteiger partial charge in [-0.3, -0.25) is 14.5 Å². The Morgan fingerprint density at radius 2 is 2.17 bits per heavy atom. The average molecular weight is 257 g/mol.